The molecule has 15 heavy (non-hydrogen) atoms. The molecule has 0 aliphatic rings. The topological polar surface area (TPSA) is 81.8 Å². The third-order valence-electron chi connectivity index (χ3n) is 1.87. The Morgan fingerprint density at radius 3 is 2.47 bits per heavy atom. The van der Waals surface area contributed by atoms with Crippen LogP contribution in [0, 0.1) is 0 Å². The number of hydrogen-bond acceptors (Lipinski definition) is 4. The van der Waals surface area contributed by atoms with Crippen LogP contribution >= 0.6 is 15.9 Å². The number of benzene rings is 1. The standard InChI is InChI=1S/C9H10BrNO4/c1-14-5-3-4(10)7(11)6(9(12)13)8(5)15-2/h3H,11H2,1-2H3,(H,12,13). The van der Waals surface area contributed by atoms with Crippen molar-refractivity contribution in [3.8, 4) is 11.5 Å². The fourth-order valence-corrected chi connectivity index (χ4v) is 1.60. The Hall–Kier alpha value is -1.43. The van der Waals surface area contributed by atoms with Gasteiger partial charge in [0.2, 0.25) is 0 Å². The van der Waals surface area contributed by atoms with E-state index in [1.807, 2.05) is 0 Å². The number of hydrogen-bond donors (Lipinski definition) is 2. The molecule has 0 spiro atoms. The van der Waals surface area contributed by atoms with Gasteiger partial charge in [-0.1, -0.05) is 0 Å². The first-order valence-electron chi connectivity index (χ1n) is 3.96. The number of aromatic carboxylic acids is 1. The third kappa shape index (κ3) is 1.99. The van der Waals surface area contributed by atoms with Crippen molar-refractivity contribution in [2.45, 2.75) is 0 Å². The number of anilines is 1. The van der Waals surface area contributed by atoms with Gasteiger partial charge in [0, 0.05) is 10.5 Å². The van der Waals surface area contributed by atoms with Crippen molar-refractivity contribution >= 4 is 27.6 Å². The van der Waals surface area contributed by atoms with Crippen LogP contribution in [0.15, 0.2) is 10.5 Å². The number of nitrogen functional groups attached to an aromatic ring is 1. The zero-order chi connectivity index (χ0) is 11.6. The van der Waals surface area contributed by atoms with Crippen LogP contribution in [0.2, 0.25) is 0 Å². The molecule has 0 atom stereocenters. The number of halogens is 1. The summed E-state index contributed by atoms with van der Waals surface area (Å²) < 4.78 is 10.4. The van der Waals surface area contributed by atoms with E-state index in [0.717, 1.165) is 0 Å². The van der Waals surface area contributed by atoms with Crippen LogP contribution in [0.1, 0.15) is 10.4 Å². The highest BCUT2D eigenvalue weighted by molar-refractivity contribution is 9.10. The molecule has 1 aromatic carbocycles. The molecule has 0 aliphatic carbocycles. The molecule has 0 aliphatic heterocycles. The highest BCUT2D eigenvalue weighted by atomic mass is 79.9. The van der Waals surface area contributed by atoms with Gasteiger partial charge >= 0.3 is 5.97 Å². The molecule has 0 saturated heterocycles. The van der Waals surface area contributed by atoms with Gasteiger partial charge in [0.1, 0.15) is 5.56 Å². The summed E-state index contributed by atoms with van der Waals surface area (Å²) in [5.41, 5.74) is 5.62. The van der Waals surface area contributed by atoms with Crippen LogP contribution in [-0.4, -0.2) is 25.3 Å². The maximum absolute atomic E-state index is 11.0. The van der Waals surface area contributed by atoms with E-state index < -0.39 is 5.97 Å². The molecule has 1 rings (SSSR count). The predicted molar refractivity (Wildman–Crippen MR) is 58.6 cm³/mol. The first kappa shape index (κ1) is 11.6. The number of carboxylic acid groups (broad SMARTS) is 1. The Kier molecular flexibility index (Phi) is 3.41. The van der Waals surface area contributed by atoms with E-state index in [1.54, 1.807) is 6.07 Å². The van der Waals surface area contributed by atoms with Crippen molar-refractivity contribution in [3.63, 3.8) is 0 Å². The lowest BCUT2D eigenvalue weighted by atomic mass is 10.1. The molecule has 1 aromatic rings. The summed E-state index contributed by atoms with van der Waals surface area (Å²) >= 11 is 3.15. The van der Waals surface area contributed by atoms with Crippen molar-refractivity contribution in [1.82, 2.24) is 0 Å². The molecule has 0 heterocycles. The lowest BCUT2D eigenvalue weighted by molar-refractivity contribution is 0.0694. The monoisotopic (exact) mass is 275 g/mol. The molecule has 0 amide bonds. The van der Waals surface area contributed by atoms with Gasteiger partial charge in [-0.2, -0.15) is 0 Å². The summed E-state index contributed by atoms with van der Waals surface area (Å²) in [6, 6.07) is 1.56. The first-order chi connectivity index (χ1) is 7.02. The van der Waals surface area contributed by atoms with E-state index in [9.17, 15) is 4.79 Å². The Morgan fingerprint density at radius 1 is 1.47 bits per heavy atom. The van der Waals surface area contributed by atoms with Crippen LogP contribution in [0.25, 0.3) is 0 Å². The fourth-order valence-electron chi connectivity index (χ4n) is 1.19. The number of carbonyl (C=O) groups is 1. The summed E-state index contributed by atoms with van der Waals surface area (Å²) in [6.07, 6.45) is 0. The second kappa shape index (κ2) is 4.39. The van der Waals surface area contributed by atoms with Gasteiger partial charge in [0.15, 0.2) is 11.5 Å². The summed E-state index contributed by atoms with van der Waals surface area (Å²) in [6.45, 7) is 0. The Labute approximate surface area is 94.9 Å². The fraction of sp³-hybridized carbons (Fsp3) is 0.222. The highest BCUT2D eigenvalue weighted by Crippen LogP contribution is 2.39. The second-order valence-electron chi connectivity index (χ2n) is 2.69. The van der Waals surface area contributed by atoms with Gasteiger partial charge in [-0.05, 0) is 15.9 Å². The van der Waals surface area contributed by atoms with Crippen molar-refractivity contribution in [2.75, 3.05) is 20.0 Å². The number of ether oxygens (including phenoxy) is 2. The van der Waals surface area contributed by atoms with Crippen molar-refractivity contribution in [1.29, 1.82) is 0 Å². The first-order valence-corrected chi connectivity index (χ1v) is 4.75. The maximum Gasteiger partial charge on any atom is 0.341 e. The summed E-state index contributed by atoms with van der Waals surface area (Å²) in [5, 5.41) is 8.99. The van der Waals surface area contributed by atoms with Crippen LogP contribution in [-0.2, 0) is 0 Å². The van der Waals surface area contributed by atoms with Gasteiger partial charge in [0.25, 0.3) is 0 Å². The van der Waals surface area contributed by atoms with E-state index in [1.165, 1.54) is 14.2 Å². The molecule has 0 aromatic heterocycles. The number of nitrogens with two attached hydrogens (primary N) is 1. The van der Waals surface area contributed by atoms with E-state index >= 15 is 0 Å². The molecular weight excluding hydrogens is 266 g/mol. The minimum atomic E-state index is -1.16. The van der Waals surface area contributed by atoms with Crippen LogP contribution < -0.4 is 15.2 Å². The molecule has 5 nitrogen and oxygen atoms in total. The number of rotatable bonds is 3. The minimum Gasteiger partial charge on any atom is -0.493 e. The van der Waals surface area contributed by atoms with Gasteiger partial charge in [-0.25, -0.2) is 4.79 Å². The zero-order valence-electron chi connectivity index (χ0n) is 8.20. The van der Waals surface area contributed by atoms with Gasteiger partial charge < -0.3 is 20.3 Å². The van der Waals surface area contributed by atoms with E-state index in [4.69, 9.17) is 20.3 Å². The molecule has 6 heteroatoms. The van der Waals surface area contributed by atoms with Crippen LogP contribution in [0.3, 0.4) is 0 Å². The molecule has 0 radical (unpaired) electrons. The van der Waals surface area contributed by atoms with Gasteiger partial charge in [-0.15, -0.1) is 0 Å². The summed E-state index contributed by atoms with van der Waals surface area (Å²) in [5.74, 6) is -0.731. The SMILES string of the molecule is COc1cc(Br)c(N)c(C(=O)O)c1OC. The van der Waals surface area contributed by atoms with Crippen molar-refractivity contribution in [3.05, 3.63) is 16.1 Å². The van der Waals surface area contributed by atoms with Crippen molar-refractivity contribution in [2.24, 2.45) is 0 Å². The zero-order valence-corrected chi connectivity index (χ0v) is 9.79. The predicted octanol–water partition coefficient (Wildman–Crippen LogP) is 1.75. The molecule has 3 N–H and O–H groups in total. The lowest BCUT2D eigenvalue weighted by Gasteiger charge is -2.13. The lowest BCUT2D eigenvalue weighted by Crippen LogP contribution is -2.07. The smallest absolute Gasteiger partial charge is 0.341 e. The van der Waals surface area contributed by atoms with E-state index in [2.05, 4.69) is 15.9 Å². The quantitative estimate of drug-likeness (QED) is 0.822. The maximum atomic E-state index is 11.0. The molecule has 0 saturated carbocycles. The summed E-state index contributed by atoms with van der Waals surface area (Å²) in [7, 11) is 2.78. The second-order valence-corrected chi connectivity index (χ2v) is 3.54. The summed E-state index contributed by atoms with van der Waals surface area (Å²) in [4.78, 5) is 11.0. The third-order valence-corrected chi connectivity index (χ3v) is 2.53. The Morgan fingerprint density at radius 2 is 2.07 bits per heavy atom. The van der Waals surface area contributed by atoms with Crippen molar-refractivity contribution < 1.29 is 19.4 Å². The molecule has 0 unspecified atom stereocenters. The minimum absolute atomic E-state index is 0.108. The average molecular weight is 276 g/mol. The molecular formula is C9H10BrNO4. The van der Waals surface area contributed by atoms with E-state index in [-0.39, 0.29) is 17.0 Å². The highest BCUT2D eigenvalue weighted by Gasteiger charge is 2.21. The molecule has 0 fully saturated rings. The van der Waals surface area contributed by atoms with E-state index in [0.29, 0.717) is 10.2 Å². The number of methoxy groups -OCH3 is 2. The molecule has 0 bridgehead atoms. The van der Waals surface area contributed by atoms with Crippen LogP contribution in [0.4, 0.5) is 5.69 Å². The Balaban J connectivity index is 3.56. The van der Waals surface area contributed by atoms with Gasteiger partial charge in [-0.3, -0.25) is 0 Å². The largest absolute Gasteiger partial charge is 0.493 e. The molecule has 82 valence electrons. The normalized spacial score (nSPS) is 9.80. The van der Waals surface area contributed by atoms with Gasteiger partial charge in [0.05, 0.1) is 19.9 Å². The average Bonchev–Trinajstić information content (AvgIpc) is 2.20. The Bertz CT molecular complexity index is 406. The van der Waals surface area contributed by atoms with Crippen LogP contribution in [0.5, 0.6) is 11.5 Å². The number of carboxylic acids is 1.